The van der Waals surface area contributed by atoms with Crippen molar-refractivity contribution >= 4 is 5.97 Å². The molecule has 4 nitrogen and oxygen atoms in total. The third-order valence-corrected chi connectivity index (χ3v) is 4.93. The predicted molar refractivity (Wildman–Crippen MR) is 32.8 cm³/mol. The molecule has 1 unspecified atom stereocenters. The van der Waals surface area contributed by atoms with Crippen molar-refractivity contribution in [3.05, 3.63) is 33.4 Å². The summed E-state index contributed by atoms with van der Waals surface area (Å²) in [6, 6.07) is 6.16. The molecule has 1 aliphatic rings. The van der Waals surface area contributed by atoms with E-state index in [1.54, 1.807) is 12.1 Å². The Balaban J connectivity index is 2.66. The monoisotopic (exact) mass is 280 g/mol. The van der Waals surface area contributed by atoms with Crippen LogP contribution in [0.3, 0.4) is 0 Å². The first-order chi connectivity index (χ1) is 5.61. The van der Waals surface area contributed by atoms with Gasteiger partial charge < -0.3 is 0 Å². The van der Waals surface area contributed by atoms with Crippen LogP contribution in [0.25, 0.3) is 0 Å². The average Bonchev–Trinajstić information content (AvgIpc) is 2.25. The standard InChI is InChI=1S/C7H5IO4/c9-7-5-3-1-2-4-6(5)8(10,11)12-7/h1-4,10H. The van der Waals surface area contributed by atoms with Gasteiger partial charge in [0.25, 0.3) is 0 Å². The molecule has 64 valence electrons. The summed E-state index contributed by atoms with van der Waals surface area (Å²) in [4.78, 5) is 10.9. The molecule has 1 heterocycles. The van der Waals surface area contributed by atoms with Crippen LogP contribution in [0.4, 0.5) is 0 Å². The number of carbonyl (C=O) groups excluding carboxylic acids is 1. The van der Waals surface area contributed by atoms with E-state index in [1.165, 1.54) is 12.1 Å². The third kappa shape index (κ3) is 1.01. The van der Waals surface area contributed by atoms with Crippen LogP contribution >= 0.6 is 0 Å². The van der Waals surface area contributed by atoms with Crippen LogP contribution in [-0.4, -0.2) is 9.41 Å². The molecule has 1 aliphatic heterocycles. The number of fused-ring (bicyclic) bond motifs is 1. The van der Waals surface area contributed by atoms with Gasteiger partial charge in [-0.3, -0.25) is 0 Å². The minimum atomic E-state index is -4.54. The van der Waals surface area contributed by atoms with Crippen molar-refractivity contribution in [1.82, 2.24) is 0 Å². The van der Waals surface area contributed by atoms with Gasteiger partial charge in [-0.05, 0) is 0 Å². The average molecular weight is 280 g/mol. The molecule has 0 spiro atoms. The Hall–Kier alpha value is -0.660. The number of benzene rings is 1. The molecule has 1 aromatic rings. The first-order valence-corrected chi connectivity index (χ1v) is 6.96. The van der Waals surface area contributed by atoms with Crippen molar-refractivity contribution in [2.24, 2.45) is 0 Å². The van der Waals surface area contributed by atoms with Crippen LogP contribution < -0.4 is 23.1 Å². The molecule has 0 saturated carbocycles. The third-order valence-electron chi connectivity index (χ3n) is 1.53. The van der Waals surface area contributed by atoms with Gasteiger partial charge in [0.05, 0.1) is 0 Å². The second-order valence-corrected chi connectivity index (χ2v) is 6.40. The van der Waals surface area contributed by atoms with Gasteiger partial charge in [-0.15, -0.1) is 0 Å². The van der Waals surface area contributed by atoms with E-state index in [0.29, 0.717) is 0 Å². The van der Waals surface area contributed by atoms with Gasteiger partial charge in [0, 0.05) is 0 Å². The Morgan fingerprint density at radius 1 is 1.42 bits per heavy atom. The molecular formula is C7H5IO4. The summed E-state index contributed by atoms with van der Waals surface area (Å²) in [7, 11) is 0. The van der Waals surface area contributed by atoms with E-state index < -0.39 is 25.6 Å². The van der Waals surface area contributed by atoms with Crippen LogP contribution in [0.15, 0.2) is 24.3 Å². The number of carbonyl (C=O) groups is 1. The normalized spacial score (nSPS) is 32.0. The number of hydrogen-bond acceptors (Lipinski definition) is 4. The van der Waals surface area contributed by atoms with Crippen LogP contribution in [0.2, 0.25) is 0 Å². The molecule has 0 aromatic heterocycles. The molecule has 2 rings (SSSR count). The topological polar surface area (TPSA) is 69.6 Å². The van der Waals surface area contributed by atoms with Crippen molar-refractivity contribution in [2.75, 3.05) is 0 Å². The van der Waals surface area contributed by atoms with Crippen molar-refractivity contribution in [2.45, 2.75) is 0 Å². The van der Waals surface area contributed by atoms with Crippen molar-refractivity contribution in [1.29, 1.82) is 0 Å². The minimum absolute atomic E-state index is 0.161. The van der Waals surface area contributed by atoms with E-state index >= 15 is 0 Å². The zero-order chi connectivity index (χ0) is 8.77. The van der Waals surface area contributed by atoms with Crippen molar-refractivity contribution in [3.63, 3.8) is 0 Å². The van der Waals surface area contributed by atoms with E-state index in [-0.39, 0.29) is 9.13 Å². The fourth-order valence-electron chi connectivity index (χ4n) is 1.01. The summed E-state index contributed by atoms with van der Waals surface area (Å²) in [5.74, 6) is -0.695. The van der Waals surface area contributed by atoms with Gasteiger partial charge in [-0.1, -0.05) is 0 Å². The summed E-state index contributed by atoms with van der Waals surface area (Å²) >= 11 is -4.54. The van der Waals surface area contributed by atoms with E-state index in [4.69, 9.17) is 0 Å². The molecule has 0 fully saturated rings. The number of rotatable bonds is 0. The van der Waals surface area contributed by atoms with Crippen molar-refractivity contribution < 1.29 is 34.4 Å². The zero-order valence-electron chi connectivity index (χ0n) is 5.86. The SMILES string of the molecule is O=C1O[I+]([O-])(O)c2ccccc21. The number of halogens is 1. The van der Waals surface area contributed by atoms with Crippen LogP contribution in [-0.2, 0) is 3.07 Å². The number of hydrogen-bond donors (Lipinski definition) is 1. The maximum absolute atomic E-state index is 11.2. The maximum atomic E-state index is 11.2. The zero-order valence-corrected chi connectivity index (χ0v) is 8.02. The predicted octanol–water partition coefficient (Wildman–Crippen LogP) is -3.72. The van der Waals surface area contributed by atoms with Gasteiger partial charge >= 0.3 is 73.8 Å². The van der Waals surface area contributed by atoms with Gasteiger partial charge in [0.15, 0.2) is 0 Å². The molecule has 5 heteroatoms. The van der Waals surface area contributed by atoms with E-state index in [2.05, 4.69) is 3.07 Å². The second-order valence-electron chi connectivity index (χ2n) is 2.28. The fraction of sp³-hybridized carbons (Fsp3) is 0. The van der Waals surface area contributed by atoms with Crippen molar-refractivity contribution in [3.8, 4) is 0 Å². The summed E-state index contributed by atoms with van der Waals surface area (Å²) in [5.41, 5.74) is 0.214. The Bertz CT molecular complexity index is 347. The second kappa shape index (κ2) is 2.41. The summed E-state index contributed by atoms with van der Waals surface area (Å²) < 4.78 is 24.9. The van der Waals surface area contributed by atoms with Crippen LogP contribution in [0.1, 0.15) is 10.4 Å². The van der Waals surface area contributed by atoms with Crippen LogP contribution in [0.5, 0.6) is 0 Å². The quantitative estimate of drug-likeness (QED) is 0.496. The summed E-state index contributed by atoms with van der Waals surface area (Å²) in [6.45, 7) is 0. The molecular weight excluding hydrogens is 275 g/mol. The fourth-order valence-corrected chi connectivity index (χ4v) is 3.83. The van der Waals surface area contributed by atoms with Gasteiger partial charge in [-0.25, -0.2) is 0 Å². The van der Waals surface area contributed by atoms with E-state index in [9.17, 15) is 11.7 Å². The summed E-state index contributed by atoms with van der Waals surface area (Å²) in [5, 5.41) is 0. The molecule has 0 amide bonds. The summed E-state index contributed by atoms with van der Waals surface area (Å²) in [6.07, 6.45) is 0. The molecule has 1 N–H and O–H groups in total. The molecule has 0 radical (unpaired) electrons. The van der Waals surface area contributed by atoms with Gasteiger partial charge in [-0.2, -0.15) is 0 Å². The first-order valence-electron chi connectivity index (χ1n) is 3.15. The van der Waals surface area contributed by atoms with E-state index in [0.717, 1.165) is 0 Å². The van der Waals surface area contributed by atoms with Crippen LogP contribution in [0, 0.1) is 3.57 Å². The van der Waals surface area contributed by atoms with Gasteiger partial charge in [0.2, 0.25) is 0 Å². The molecule has 0 aliphatic carbocycles. The Labute approximate surface area is 73.9 Å². The molecule has 1 atom stereocenters. The Morgan fingerprint density at radius 3 is 2.75 bits per heavy atom. The van der Waals surface area contributed by atoms with Gasteiger partial charge in [0.1, 0.15) is 0 Å². The Morgan fingerprint density at radius 2 is 2.08 bits per heavy atom. The molecule has 0 bridgehead atoms. The Kier molecular flexibility index (Phi) is 1.60. The van der Waals surface area contributed by atoms with E-state index in [1.807, 2.05) is 0 Å². The first kappa shape index (κ1) is 7.96. The molecule has 0 saturated heterocycles. The molecule has 1 aromatic carbocycles. The molecule has 12 heavy (non-hydrogen) atoms.